The maximum atomic E-state index is 14.8. The van der Waals surface area contributed by atoms with Crippen molar-refractivity contribution in [3.63, 3.8) is 0 Å². The summed E-state index contributed by atoms with van der Waals surface area (Å²) in [7, 11) is 0. The van der Waals surface area contributed by atoms with Crippen LogP contribution in [0.4, 0.5) is 8.78 Å². The second-order valence-corrected chi connectivity index (χ2v) is 10.4. The third-order valence-corrected chi connectivity index (χ3v) is 7.44. The number of unbranched alkanes of at least 4 members (excludes halogenated alkanes) is 5. The van der Waals surface area contributed by atoms with E-state index >= 15 is 0 Å². The highest BCUT2D eigenvalue weighted by Gasteiger charge is 2.19. The summed E-state index contributed by atoms with van der Waals surface area (Å²) < 4.78 is 34.8. The van der Waals surface area contributed by atoms with E-state index in [0.717, 1.165) is 30.8 Å². The van der Waals surface area contributed by atoms with Crippen LogP contribution >= 0.6 is 0 Å². The molecular weight excluding hydrogens is 486 g/mol. The predicted octanol–water partition coefficient (Wildman–Crippen LogP) is 9.65. The lowest BCUT2D eigenvalue weighted by molar-refractivity contribution is 0.304. The number of fused-ring (bicyclic) bond motifs is 3. The van der Waals surface area contributed by atoms with Crippen LogP contribution in [-0.2, 0) is 6.42 Å². The smallest absolute Gasteiger partial charge is 0.139 e. The minimum absolute atomic E-state index is 0.299. The van der Waals surface area contributed by atoms with Crippen LogP contribution in [0.3, 0.4) is 0 Å². The molecule has 39 heavy (non-hydrogen) atoms. The minimum atomic E-state index is -0.414. The van der Waals surface area contributed by atoms with Crippen LogP contribution in [0.2, 0.25) is 0 Å². The van der Waals surface area contributed by atoms with Crippen LogP contribution in [0, 0.1) is 30.4 Å². The van der Waals surface area contributed by atoms with Crippen molar-refractivity contribution in [2.24, 2.45) is 0 Å². The molecule has 0 atom stereocenters. The molecule has 0 amide bonds. The Morgan fingerprint density at radius 2 is 1.38 bits per heavy atom. The number of rotatable bonds is 9. The second kappa shape index (κ2) is 12.3. The summed E-state index contributed by atoms with van der Waals surface area (Å²) in [4.78, 5) is 0. The Morgan fingerprint density at radius 1 is 0.692 bits per heavy atom. The van der Waals surface area contributed by atoms with Gasteiger partial charge < -0.3 is 4.74 Å². The molecule has 0 heterocycles. The van der Waals surface area contributed by atoms with Gasteiger partial charge in [-0.1, -0.05) is 81.2 Å². The molecule has 1 aliphatic carbocycles. The van der Waals surface area contributed by atoms with Crippen LogP contribution in [0.1, 0.15) is 73.3 Å². The van der Waals surface area contributed by atoms with E-state index in [1.165, 1.54) is 66.5 Å². The third kappa shape index (κ3) is 6.40. The Morgan fingerprint density at radius 3 is 2.15 bits per heavy atom. The molecular formula is C36H34F2O. The Balaban J connectivity index is 1.23. The molecule has 0 radical (unpaired) electrons. The zero-order valence-electron chi connectivity index (χ0n) is 22.7. The lowest BCUT2D eigenvalue weighted by Gasteiger charge is -2.08. The van der Waals surface area contributed by atoms with Crippen LogP contribution in [0.5, 0.6) is 5.75 Å². The predicted molar refractivity (Wildman–Crippen MR) is 156 cm³/mol. The maximum Gasteiger partial charge on any atom is 0.139 e. The van der Waals surface area contributed by atoms with Gasteiger partial charge in [0.25, 0.3) is 0 Å². The second-order valence-electron chi connectivity index (χ2n) is 10.4. The molecule has 1 nitrogen and oxygen atoms in total. The van der Waals surface area contributed by atoms with E-state index in [9.17, 15) is 8.78 Å². The number of benzene rings is 4. The Kier molecular flexibility index (Phi) is 8.42. The first-order valence-electron chi connectivity index (χ1n) is 14.0. The average molecular weight is 521 g/mol. The lowest BCUT2D eigenvalue weighted by Crippen LogP contribution is -1.97. The Bertz CT molecular complexity index is 1540. The number of hydrogen-bond donors (Lipinski definition) is 0. The molecule has 0 aliphatic heterocycles. The van der Waals surface area contributed by atoms with Crippen molar-refractivity contribution in [3.05, 3.63) is 112 Å². The quantitative estimate of drug-likeness (QED) is 0.139. The molecule has 5 rings (SSSR count). The Labute approximate surface area is 230 Å². The van der Waals surface area contributed by atoms with Gasteiger partial charge in [-0.05, 0) is 101 Å². The van der Waals surface area contributed by atoms with Crippen molar-refractivity contribution in [1.29, 1.82) is 0 Å². The van der Waals surface area contributed by atoms with Gasteiger partial charge in [-0.3, -0.25) is 0 Å². The third-order valence-electron chi connectivity index (χ3n) is 7.44. The lowest BCUT2D eigenvalue weighted by atomic mass is 10.0. The molecule has 4 aromatic rings. The van der Waals surface area contributed by atoms with Crippen molar-refractivity contribution in [2.45, 2.75) is 58.8 Å². The van der Waals surface area contributed by atoms with Crippen molar-refractivity contribution >= 4 is 0 Å². The standard InChI is InChI=1S/C36H34F2O/c1-3-4-5-6-7-8-19-39-32-16-18-34-31(22-32)21-30-20-26(11-17-33(30)34)10-13-27-14-15-29(24-36(27)38)28-12-9-25(2)35(37)23-28/h9,11-12,14-18,20,22-24H,3-8,19,21H2,1-2H3. The monoisotopic (exact) mass is 520 g/mol. The first kappa shape index (κ1) is 26.7. The first-order chi connectivity index (χ1) is 19.0. The van der Waals surface area contributed by atoms with Crippen molar-refractivity contribution in [2.75, 3.05) is 6.61 Å². The summed E-state index contributed by atoms with van der Waals surface area (Å²) in [6, 6.07) is 22.4. The van der Waals surface area contributed by atoms with Crippen LogP contribution < -0.4 is 4.74 Å². The molecule has 0 fully saturated rings. The average Bonchev–Trinajstić information content (AvgIpc) is 3.30. The van der Waals surface area contributed by atoms with E-state index in [0.29, 0.717) is 22.3 Å². The number of halogens is 2. The largest absolute Gasteiger partial charge is 0.494 e. The van der Waals surface area contributed by atoms with Gasteiger partial charge in [0.05, 0.1) is 12.2 Å². The molecule has 0 spiro atoms. The minimum Gasteiger partial charge on any atom is -0.494 e. The van der Waals surface area contributed by atoms with Crippen molar-refractivity contribution in [1.82, 2.24) is 0 Å². The van der Waals surface area contributed by atoms with Crippen LogP contribution in [-0.4, -0.2) is 6.61 Å². The molecule has 1 aliphatic rings. The summed E-state index contributed by atoms with van der Waals surface area (Å²) in [5.41, 5.74) is 7.97. The highest BCUT2D eigenvalue weighted by Crippen LogP contribution is 2.38. The van der Waals surface area contributed by atoms with Gasteiger partial charge in [-0.2, -0.15) is 0 Å². The maximum absolute atomic E-state index is 14.8. The number of ether oxygens (including phenoxy) is 1. The first-order valence-corrected chi connectivity index (χ1v) is 14.0. The summed E-state index contributed by atoms with van der Waals surface area (Å²) >= 11 is 0. The van der Waals surface area contributed by atoms with E-state index in [-0.39, 0.29) is 5.82 Å². The molecule has 0 saturated heterocycles. The van der Waals surface area contributed by atoms with Crippen molar-refractivity contribution < 1.29 is 13.5 Å². The number of aryl methyl sites for hydroxylation is 1. The molecule has 3 heteroatoms. The van der Waals surface area contributed by atoms with Gasteiger partial charge in [0.2, 0.25) is 0 Å². The number of hydrogen-bond acceptors (Lipinski definition) is 1. The molecule has 0 unspecified atom stereocenters. The molecule has 0 aromatic heterocycles. The molecule has 198 valence electrons. The SMILES string of the molecule is CCCCCCCCOc1ccc2c(c1)Cc1cc(C#Cc3ccc(-c4ccc(C)c(F)c4)cc3F)ccc1-2. The van der Waals surface area contributed by atoms with E-state index < -0.39 is 5.82 Å². The van der Waals surface area contributed by atoms with Crippen LogP contribution in [0.25, 0.3) is 22.3 Å². The van der Waals surface area contributed by atoms with Gasteiger partial charge in [0.1, 0.15) is 17.4 Å². The Hall–Kier alpha value is -3.90. The van der Waals surface area contributed by atoms with Crippen LogP contribution in [0.15, 0.2) is 72.8 Å². The summed E-state index contributed by atoms with van der Waals surface area (Å²) in [6.45, 7) is 4.71. The molecule has 0 N–H and O–H groups in total. The zero-order valence-corrected chi connectivity index (χ0v) is 22.7. The zero-order chi connectivity index (χ0) is 27.2. The molecule has 0 saturated carbocycles. The van der Waals surface area contributed by atoms with E-state index in [1.54, 1.807) is 31.2 Å². The van der Waals surface area contributed by atoms with Gasteiger partial charge in [0, 0.05) is 5.56 Å². The van der Waals surface area contributed by atoms with Gasteiger partial charge in [-0.25, -0.2) is 8.78 Å². The summed E-state index contributed by atoms with van der Waals surface area (Å²) in [6.07, 6.45) is 8.35. The van der Waals surface area contributed by atoms with Gasteiger partial charge in [-0.15, -0.1) is 0 Å². The van der Waals surface area contributed by atoms with Gasteiger partial charge >= 0.3 is 0 Å². The van der Waals surface area contributed by atoms with E-state index in [2.05, 4.69) is 49.1 Å². The van der Waals surface area contributed by atoms with Gasteiger partial charge in [0.15, 0.2) is 0 Å². The summed E-state index contributed by atoms with van der Waals surface area (Å²) in [5, 5.41) is 0. The van der Waals surface area contributed by atoms with Crippen molar-refractivity contribution in [3.8, 4) is 39.8 Å². The summed E-state index contributed by atoms with van der Waals surface area (Å²) in [5.74, 6) is 6.32. The fraction of sp³-hybridized carbons (Fsp3) is 0.278. The molecule has 0 bridgehead atoms. The normalized spacial score (nSPS) is 11.5. The molecule has 4 aromatic carbocycles. The fourth-order valence-corrected chi connectivity index (χ4v) is 5.13. The fourth-order valence-electron chi connectivity index (χ4n) is 5.13. The highest BCUT2D eigenvalue weighted by molar-refractivity contribution is 5.78. The highest BCUT2D eigenvalue weighted by atomic mass is 19.1. The van der Waals surface area contributed by atoms with E-state index in [4.69, 9.17) is 4.74 Å². The topological polar surface area (TPSA) is 9.23 Å². The van der Waals surface area contributed by atoms with E-state index in [1.807, 2.05) is 6.07 Å².